The number of benzene rings is 2. The zero-order chi connectivity index (χ0) is 28.9. The van der Waals surface area contributed by atoms with Crippen molar-refractivity contribution in [2.75, 3.05) is 31.2 Å². The molecule has 1 heterocycles. The topological polar surface area (TPSA) is 90.7 Å². The number of hydrogen-bond donors (Lipinski definition) is 3. The van der Waals surface area contributed by atoms with Gasteiger partial charge in [-0.1, -0.05) is 39.5 Å². The highest BCUT2D eigenvalue weighted by molar-refractivity contribution is 7.16. The Kier molecular flexibility index (Phi) is 12.3. The van der Waals surface area contributed by atoms with Crippen LogP contribution in [0.4, 0.5) is 5.13 Å². The molecular weight excluding hydrogens is 532 g/mol. The van der Waals surface area contributed by atoms with E-state index in [4.69, 9.17) is 25.1 Å². The molecule has 1 saturated carbocycles. The van der Waals surface area contributed by atoms with Gasteiger partial charge >= 0.3 is 0 Å². The molecule has 0 bridgehead atoms. The number of aromatic nitrogens is 1. The van der Waals surface area contributed by atoms with Crippen LogP contribution >= 0.6 is 11.3 Å². The number of anilines is 1. The number of thiazole rings is 1. The summed E-state index contributed by atoms with van der Waals surface area (Å²) in [4.78, 5) is 9.11. The van der Waals surface area contributed by atoms with Gasteiger partial charge in [0.25, 0.3) is 0 Å². The van der Waals surface area contributed by atoms with Crippen molar-refractivity contribution in [1.29, 1.82) is 5.41 Å². The SMILES string of the molecule is CCCN(CCC)c1nc(-c2ccc(OCCCCCOc3ccc(C(=N)NO)cc3)cc2)c(CC2CCCC2)s1. The van der Waals surface area contributed by atoms with E-state index in [-0.39, 0.29) is 5.84 Å². The van der Waals surface area contributed by atoms with Gasteiger partial charge in [-0.05, 0) is 93.0 Å². The molecule has 222 valence electrons. The van der Waals surface area contributed by atoms with Gasteiger partial charge in [-0.3, -0.25) is 16.1 Å². The molecular formula is C33H46N4O3S. The van der Waals surface area contributed by atoms with E-state index in [1.807, 2.05) is 28.9 Å². The van der Waals surface area contributed by atoms with Crippen LogP contribution in [0.3, 0.4) is 0 Å². The molecule has 2 aromatic carbocycles. The Balaban J connectivity index is 1.25. The molecule has 7 nitrogen and oxygen atoms in total. The lowest BCUT2D eigenvalue weighted by molar-refractivity contribution is 0.234. The van der Waals surface area contributed by atoms with Crippen molar-refractivity contribution < 1.29 is 14.7 Å². The Morgan fingerprint density at radius 2 is 1.51 bits per heavy atom. The number of hydrogen-bond acceptors (Lipinski definition) is 7. The molecule has 1 aromatic heterocycles. The van der Waals surface area contributed by atoms with E-state index >= 15 is 0 Å². The van der Waals surface area contributed by atoms with E-state index in [1.165, 1.54) is 46.9 Å². The summed E-state index contributed by atoms with van der Waals surface area (Å²) in [5, 5.41) is 17.6. The molecule has 0 amide bonds. The lowest BCUT2D eigenvalue weighted by Crippen LogP contribution is -2.24. The highest BCUT2D eigenvalue weighted by atomic mass is 32.1. The third kappa shape index (κ3) is 9.20. The van der Waals surface area contributed by atoms with Crippen molar-refractivity contribution in [3.63, 3.8) is 0 Å². The number of unbranched alkanes of at least 4 members (excludes halogenated alkanes) is 2. The number of amidine groups is 1. The molecule has 3 aromatic rings. The standard InChI is InChI=1S/C33H46N4O3S/c1-3-20-37(21-4-2)33-35-31(30(41-33)24-25-10-6-7-11-25)26-12-16-28(17-13-26)39-22-8-5-9-23-40-29-18-14-27(15-19-29)32(34)36-38/h12-19,25,38H,3-11,20-24H2,1-2H3,(H2,34,36). The Bertz CT molecular complexity index is 1180. The molecule has 41 heavy (non-hydrogen) atoms. The van der Waals surface area contributed by atoms with Crippen LogP contribution in [0.5, 0.6) is 11.5 Å². The normalized spacial score (nSPS) is 13.3. The number of hydroxylamine groups is 1. The fourth-order valence-electron chi connectivity index (χ4n) is 5.41. The monoisotopic (exact) mass is 578 g/mol. The van der Waals surface area contributed by atoms with Crippen molar-refractivity contribution in [3.8, 4) is 22.8 Å². The Morgan fingerprint density at radius 3 is 2.07 bits per heavy atom. The Hall–Kier alpha value is -3.10. The minimum atomic E-state index is -0.0336. The van der Waals surface area contributed by atoms with Crippen LogP contribution in [0.25, 0.3) is 11.3 Å². The minimum Gasteiger partial charge on any atom is -0.494 e. The summed E-state index contributed by atoms with van der Waals surface area (Å²) in [7, 11) is 0. The van der Waals surface area contributed by atoms with Crippen molar-refractivity contribution >= 4 is 22.3 Å². The highest BCUT2D eigenvalue weighted by Crippen LogP contribution is 2.38. The summed E-state index contributed by atoms with van der Waals surface area (Å²) in [6.07, 6.45) is 11.8. The van der Waals surface area contributed by atoms with E-state index in [1.54, 1.807) is 12.1 Å². The molecule has 1 aliphatic rings. The number of ether oxygens (including phenoxy) is 2. The smallest absolute Gasteiger partial charge is 0.186 e. The first-order valence-electron chi connectivity index (χ1n) is 15.3. The Labute approximate surface area is 249 Å². The van der Waals surface area contributed by atoms with Gasteiger partial charge in [-0.25, -0.2) is 4.98 Å². The van der Waals surface area contributed by atoms with Gasteiger partial charge in [-0.2, -0.15) is 0 Å². The van der Waals surface area contributed by atoms with Gasteiger partial charge in [0, 0.05) is 29.1 Å². The summed E-state index contributed by atoms with van der Waals surface area (Å²) >= 11 is 1.91. The van der Waals surface area contributed by atoms with E-state index in [0.29, 0.717) is 18.8 Å². The average molecular weight is 579 g/mol. The number of rotatable bonds is 17. The second kappa shape index (κ2) is 16.4. The van der Waals surface area contributed by atoms with Crippen molar-refractivity contribution in [2.24, 2.45) is 5.92 Å². The summed E-state index contributed by atoms with van der Waals surface area (Å²) in [6.45, 7) is 7.93. The first-order chi connectivity index (χ1) is 20.1. The first kappa shape index (κ1) is 30.8. The quantitative estimate of drug-likeness (QED) is 0.0649. The summed E-state index contributed by atoms with van der Waals surface area (Å²) in [6, 6.07) is 15.6. The van der Waals surface area contributed by atoms with Gasteiger partial charge < -0.3 is 14.4 Å². The third-order valence-electron chi connectivity index (χ3n) is 7.60. The van der Waals surface area contributed by atoms with Gasteiger partial charge in [0.05, 0.1) is 18.9 Å². The predicted octanol–water partition coefficient (Wildman–Crippen LogP) is 8.10. The molecule has 0 aliphatic heterocycles. The number of nitrogens with one attached hydrogen (secondary N) is 2. The van der Waals surface area contributed by atoms with Gasteiger partial charge in [0.1, 0.15) is 17.3 Å². The molecule has 1 aliphatic carbocycles. The molecule has 0 saturated heterocycles. The van der Waals surface area contributed by atoms with Crippen LogP contribution in [0.1, 0.15) is 82.1 Å². The maximum atomic E-state index is 8.82. The van der Waals surface area contributed by atoms with Crippen LogP contribution in [0.2, 0.25) is 0 Å². The van der Waals surface area contributed by atoms with Crippen molar-refractivity contribution in [3.05, 3.63) is 59.0 Å². The summed E-state index contributed by atoms with van der Waals surface area (Å²) in [5.74, 6) is 2.43. The summed E-state index contributed by atoms with van der Waals surface area (Å²) in [5.41, 5.74) is 4.81. The molecule has 0 radical (unpaired) electrons. The molecule has 0 unspecified atom stereocenters. The third-order valence-corrected chi connectivity index (χ3v) is 8.74. The van der Waals surface area contributed by atoms with Crippen LogP contribution in [0, 0.1) is 11.3 Å². The van der Waals surface area contributed by atoms with Crippen LogP contribution < -0.4 is 19.9 Å². The molecule has 3 N–H and O–H groups in total. The lowest BCUT2D eigenvalue weighted by Gasteiger charge is -2.20. The van der Waals surface area contributed by atoms with Gasteiger partial charge in [-0.15, -0.1) is 11.3 Å². The fourth-order valence-corrected chi connectivity index (χ4v) is 6.66. The van der Waals surface area contributed by atoms with Crippen LogP contribution in [0.15, 0.2) is 48.5 Å². The molecule has 0 atom stereocenters. The number of nitrogens with zero attached hydrogens (tertiary/aromatic N) is 2. The fraction of sp³-hybridized carbons (Fsp3) is 0.515. The molecule has 1 fully saturated rings. The van der Waals surface area contributed by atoms with Gasteiger partial charge in [0.2, 0.25) is 0 Å². The molecule has 4 rings (SSSR count). The van der Waals surface area contributed by atoms with E-state index in [2.05, 4.69) is 43.0 Å². The lowest BCUT2D eigenvalue weighted by atomic mass is 10.0. The molecule has 0 spiro atoms. The average Bonchev–Trinajstić information content (AvgIpc) is 3.67. The zero-order valence-corrected chi connectivity index (χ0v) is 25.5. The largest absolute Gasteiger partial charge is 0.494 e. The summed E-state index contributed by atoms with van der Waals surface area (Å²) < 4.78 is 11.8. The van der Waals surface area contributed by atoms with E-state index in [0.717, 1.165) is 69.0 Å². The highest BCUT2D eigenvalue weighted by Gasteiger charge is 2.22. The second-order valence-electron chi connectivity index (χ2n) is 10.9. The predicted molar refractivity (Wildman–Crippen MR) is 169 cm³/mol. The van der Waals surface area contributed by atoms with Crippen molar-refractivity contribution in [1.82, 2.24) is 10.5 Å². The minimum absolute atomic E-state index is 0.0336. The van der Waals surface area contributed by atoms with E-state index < -0.39 is 0 Å². The van der Waals surface area contributed by atoms with E-state index in [9.17, 15) is 0 Å². The van der Waals surface area contributed by atoms with Gasteiger partial charge in [0.15, 0.2) is 5.13 Å². The Morgan fingerprint density at radius 1 is 0.927 bits per heavy atom. The van der Waals surface area contributed by atoms with Crippen LogP contribution in [-0.2, 0) is 6.42 Å². The molecule has 8 heteroatoms. The maximum Gasteiger partial charge on any atom is 0.186 e. The van der Waals surface area contributed by atoms with Crippen LogP contribution in [-0.4, -0.2) is 42.3 Å². The maximum absolute atomic E-state index is 8.82. The first-order valence-corrected chi connectivity index (χ1v) is 16.1. The zero-order valence-electron chi connectivity index (χ0n) is 24.7. The van der Waals surface area contributed by atoms with Crippen molar-refractivity contribution in [2.45, 2.75) is 78.1 Å². The second-order valence-corrected chi connectivity index (χ2v) is 12.0.